The van der Waals surface area contributed by atoms with Gasteiger partial charge in [0.05, 0.1) is 26.0 Å². The Hall–Kier alpha value is -1.00. The van der Waals surface area contributed by atoms with Gasteiger partial charge in [0.1, 0.15) is 4.90 Å². The van der Waals surface area contributed by atoms with E-state index in [1.807, 2.05) is 0 Å². The molecule has 0 spiro atoms. The lowest BCUT2D eigenvalue weighted by atomic mass is 10.6. The highest BCUT2D eigenvalue weighted by molar-refractivity contribution is 7.89. The topological polar surface area (TPSA) is 99.7 Å². The molecular formula is C11H22N4O4S. The fourth-order valence-corrected chi connectivity index (χ4v) is 2.98. The highest BCUT2D eigenvalue weighted by Crippen LogP contribution is 2.14. The largest absolute Gasteiger partial charge is 0.383 e. The first-order chi connectivity index (χ1) is 9.56. The van der Waals surface area contributed by atoms with Crippen molar-refractivity contribution in [2.75, 3.05) is 47.1 Å². The van der Waals surface area contributed by atoms with Crippen LogP contribution in [0.25, 0.3) is 0 Å². The van der Waals surface area contributed by atoms with Crippen LogP contribution in [0.5, 0.6) is 0 Å². The van der Waals surface area contributed by atoms with Gasteiger partial charge in [-0.3, -0.25) is 4.68 Å². The monoisotopic (exact) mass is 306 g/mol. The zero-order chi connectivity index (χ0) is 15.0. The predicted octanol–water partition coefficient (Wildman–Crippen LogP) is -0.875. The molecule has 9 heteroatoms. The molecule has 1 aromatic heterocycles. The van der Waals surface area contributed by atoms with Gasteiger partial charge in [0.2, 0.25) is 10.0 Å². The number of methoxy groups -OCH3 is 2. The van der Waals surface area contributed by atoms with Gasteiger partial charge in [0.15, 0.2) is 0 Å². The summed E-state index contributed by atoms with van der Waals surface area (Å²) in [6.45, 7) is 2.05. The number of sulfonamides is 1. The molecule has 0 unspecified atom stereocenters. The van der Waals surface area contributed by atoms with Gasteiger partial charge in [0.25, 0.3) is 0 Å². The summed E-state index contributed by atoms with van der Waals surface area (Å²) in [6, 6.07) is 0. The minimum Gasteiger partial charge on any atom is -0.383 e. The van der Waals surface area contributed by atoms with Crippen molar-refractivity contribution in [1.82, 2.24) is 14.1 Å². The van der Waals surface area contributed by atoms with Gasteiger partial charge in [-0.1, -0.05) is 0 Å². The van der Waals surface area contributed by atoms with E-state index in [0.29, 0.717) is 26.3 Å². The van der Waals surface area contributed by atoms with Gasteiger partial charge in [-0.2, -0.15) is 9.40 Å². The Morgan fingerprint density at radius 3 is 2.40 bits per heavy atom. The van der Waals surface area contributed by atoms with E-state index in [-0.39, 0.29) is 18.0 Å². The van der Waals surface area contributed by atoms with Crippen LogP contribution in [0.4, 0.5) is 0 Å². The van der Waals surface area contributed by atoms with Crippen molar-refractivity contribution in [2.24, 2.45) is 5.73 Å². The standard InChI is InChI=1S/C11H22N4O4S/c1-18-7-5-15(6-8-19-2)20(16,17)11-9-13-14(10-11)4-3-12/h9-10H,3-8,12H2,1-2H3. The summed E-state index contributed by atoms with van der Waals surface area (Å²) < 4.78 is 37.7. The minimum absolute atomic E-state index is 0.151. The average Bonchev–Trinajstić information content (AvgIpc) is 2.88. The molecule has 0 saturated carbocycles. The van der Waals surface area contributed by atoms with E-state index in [4.69, 9.17) is 15.2 Å². The maximum atomic E-state index is 12.5. The summed E-state index contributed by atoms with van der Waals surface area (Å²) in [5.41, 5.74) is 5.42. The predicted molar refractivity (Wildman–Crippen MR) is 73.8 cm³/mol. The zero-order valence-corrected chi connectivity index (χ0v) is 12.7. The van der Waals surface area contributed by atoms with Crippen LogP contribution in [0.1, 0.15) is 0 Å². The second kappa shape index (κ2) is 8.32. The van der Waals surface area contributed by atoms with Crippen molar-refractivity contribution in [2.45, 2.75) is 11.4 Å². The molecule has 0 amide bonds. The Labute approximate surface area is 119 Å². The lowest BCUT2D eigenvalue weighted by Gasteiger charge is -2.20. The van der Waals surface area contributed by atoms with Crippen LogP contribution in [0.15, 0.2) is 17.3 Å². The number of hydrogen-bond donors (Lipinski definition) is 1. The number of nitrogens with zero attached hydrogens (tertiary/aromatic N) is 3. The van der Waals surface area contributed by atoms with Gasteiger partial charge in [-0.05, 0) is 0 Å². The fraction of sp³-hybridized carbons (Fsp3) is 0.727. The third kappa shape index (κ3) is 4.53. The molecular weight excluding hydrogens is 284 g/mol. The molecule has 0 aliphatic carbocycles. The van der Waals surface area contributed by atoms with E-state index in [9.17, 15) is 8.42 Å². The van der Waals surface area contributed by atoms with E-state index in [1.165, 1.54) is 35.6 Å². The molecule has 0 fully saturated rings. The number of hydrogen-bond acceptors (Lipinski definition) is 6. The Morgan fingerprint density at radius 2 is 1.90 bits per heavy atom. The molecule has 20 heavy (non-hydrogen) atoms. The van der Waals surface area contributed by atoms with Gasteiger partial charge in [-0.25, -0.2) is 8.42 Å². The molecule has 8 nitrogen and oxygen atoms in total. The maximum absolute atomic E-state index is 12.5. The lowest BCUT2D eigenvalue weighted by molar-refractivity contribution is 0.150. The third-order valence-corrected chi connectivity index (χ3v) is 4.55. The van der Waals surface area contributed by atoms with Crippen LogP contribution >= 0.6 is 0 Å². The van der Waals surface area contributed by atoms with Gasteiger partial charge < -0.3 is 15.2 Å². The van der Waals surface area contributed by atoms with Crippen molar-refractivity contribution in [3.63, 3.8) is 0 Å². The Kier molecular flexibility index (Phi) is 7.10. The fourth-order valence-electron chi connectivity index (χ4n) is 1.62. The number of nitrogens with two attached hydrogens (primary N) is 1. The molecule has 116 valence electrons. The van der Waals surface area contributed by atoms with Crippen molar-refractivity contribution >= 4 is 10.0 Å². The lowest BCUT2D eigenvalue weighted by Crippen LogP contribution is -2.36. The van der Waals surface area contributed by atoms with Crippen molar-refractivity contribution in [1.29, 1.82) is 0 Å². The molecule has 0 atom stereocenters. The molecule has 1 aromatic rings. The highest BCUT2D eigenvalue weighted by atomic mass is 32.2. The first-order valence-corrected chi connectivity index (χ1v) is 7.70. The summed E-state index contributed by atoms with van der Waals surface area (Å²) in [5, 5.41) is 3.98. The van der Waals surface area contributed by atoms with Crippen molar-refractivity contribution < 1.29 is 17.9 Å². The minimum atomic E-state index is -3.59. The first kappa shape index (κ1) is 17.1. The Bertz CT molecular complexity index is 480. The van der Waals surface area contributed by atoms with Crippen molar-refractivity contribution in [3.8, 4) is 0 Å². The summed E-state index contributed by atoms with van der Waals surface area (Å²) in [7, 11) is -0.538. The summed E-state index contributed by atoms with van der Waals surface area (Å²) >= 11 is 0. The summed E-state index contributed by atoms with van der Waals surface area (Å²) in [4.78, 5) is 0.151. The van der Waals surface area contributed by atoms with Crippen LogP contribution in [-0.2, 0) is 26.0 Å². The van der Waals surface area contributed by atoms with Crippen LogP contribution in [-0.4, -0.2) is 69.6 Å². The normalized spacial score (nSPS) is 12.2. The first-order valence-electron chi connectivity index (χ1n) is 6.26. The number of rotatable bonds is 10. The van der Waals surface area contributed by atoms with E-state index in [0.717, 1.165) is 0 Å². The number of aromatic nitrogens is 2. The van der Waals surface area contributed by atoms with Crippen LogP contribution in [0.3, 0.4) is 0 Å². The molecule has 0 aliphatic rings. The molecule has 2 N–H and O–H groups in total. The third-order valence-electron chi connectivity index (χ3n) is 2.70. The maximum Gasteiger partial charge on any atom is 0.246 e. The molecule has 0 bridgehead atoms. The summed E-state index contributed by atoms with van der Waals surface area (Å²) in [6.07, 6.45) is 2.81. The quantitative estimate of drug-likeness (QED) is 0.603. The Morgan fingerprint density at radius 1 is 1.30 bits per heavy atom. The van der Waals surface area contributed by atoms with E-state index < -0.39 is 10.0 Å². The SMILES string of the molecule is COCCN(CCOC)S(=O)(=O)c1cnn(CCN)c1. The summed E-state index contributed by atoms with van der Waals surface area (Å²) in [5.74, 6) is 0. The van der Waals surface area contributed by atoms with Gasteiger partial charge in [0, 0.05) is 40.1 Å². The molecule has 0 radical (unpaired) electrons. The highest BCUT2D eigenvalue weighted by Gasteiger charge is 2.25. The second-order valence-corrected chi connectivity index (χ2v) is 6.06. The smallest absolute Gasteiger partial charge is 0.246 e. The average molecular weight is 306 g/mol. The molecule has 1 heterocycles. The van der Waals surface area contributed by atoms with Gasteiger partial charge in [-0.15, -0.1) is 0 Å². The zero-order valence-electron chi connectivity index (χ0n) is 11.9. The van der Waals surface area contributed by atoms with Gasteiger partial charge >= 0.3 is 0 Å². The van der Waals surface area contributed by atoms with E-state index in [2.05, 4.69) is 5.10 Å². The van der Waals surface area contributed by atoms with Crippen LogP contribution < -0.4 is 5.73 Å². The second-order valence-electron chi connectivity index (χ2n) is 4.12. The molecule has 0 aromatic carbocycles. The Balaban J connectivity index is 2.88. The van der Waals surface area contributed by atoms with Crippen molar-refractivity contribution in [3.05, 3.63) is 12.4 Å². The van der Waals surface area contributed by atoms with E-state index >= 15 is 0 Å². The van der Waals surface area contributed by atoms with E-state index in [1.54, 1.807) is 0 Å². The molecule has 0 saturated heterocycles. The molecule has 1 rings (SSSR count). The molecule has 0 aliphatic heterocycles. The van der Waals surface area contributed by atoms with Crippen LogP contribution in [0.2, 0.25) is 0 Å². The number of ether oxygens (including phenoxy) is 2. The van der Waals surface area contributed by atoms with Crippen LogP contribution in [0, 0.1) is 0 Å².